The van der Waals surface area contributed by atoms with Crippen molar-refractivity contribution in [2.45, 2.75) is 25.8 Å². The van der Waals surface area contributed by atoms with Gasteiger partial charge in [0.1, 0.15) is 5.82 Å². The van der Waals surface area contributed by atoms with E-state index in [0.29, 0.717) is 12.8 Å². The number of aryl methyl sites for hydroxylation is 1. The number of hydrogen-bond donors (Lipinski definition) is 0. The highest BCUT2D eigenvalue weighted by atomic mass is 19.1. The molecule has 0 N–H and O–H groups in total. The van der Waals surface area contributed by atoms with Crippen molar-refractivity contribution >= 4 is 5.91 Å². The number of nitrogens with zero attached hydrogens (tertiary/aromatic N) is 1. The van der Waals surface area contributed by atoms with E-state index < -0.39 is 0 Å². The zero-order chi connectivity index (χ0) is 15.2. The maximum Gasteiger partial charge on any atom is 0.223 e. The second kappa shape index (κ2) is 7.02. The maximum absolute atomic E-state index is 12.8. The van der Waals surface area contributed by atoms with Gasteiger partial charge in [-0.05, 0) is 36.6 Å². The molecule has 2 nitrogen and oxygen atoms in total. The number of hydrogen-bond acceptors (Lipinski definition) is 1. The summed E-state index contributed by atoms with van der Waals surface area (Å²) in [5.41, 5.74) is 2.10. The summed E-state index contributed by atoms with van der Waals surface area (Å²) in [4.78, 5) is 14.0. The third-order valence-electron chi connectivity index (χ3n) is 3.80. The first-order valence-corrected chi connectivity index (χ1v) is 7.13. The molecular formula is C18H20FNO. The van der Waals surface area contributed by atoms with Crippen LogP contribution in [0.4, 0.5) is 4.39 Å². The summed E-state index contributed by atoms with van der Waals surface area (Å²) in [6.07, 6.45) is 1.06. The standard InChI is InChI=1S/C18H20FNO/c1-14(16-6-4-3-5-7-16)20(2)18(21)13-10-15-8-11-17(19)12-9-15/h3-9,11-12,14H,10,13H2,1-2H3. The molecule has 0 aromatic heterocycles. The van der Waals surface area contributed by atoms with Gasteiger partial charge in [-0.2, -0.15) is 0 Å². The van der Waals surface area contributed by atoms with E-state index in [1.165, 1.54) is 12.1 Å². The molecule has 0 aliphatic carbocycles. The van der Waals surface area contributed by atoms with Gasteiger partial charge in [0.2, 0.25) is 5.91 Å². The minimum atomic E-state index is -0.250. The Morgan fingerprint density at radius 1 is 1.10 bits per heavy atom. The lowest BCUT2D eigenvalue weighted by atomic mass is 10.1. The van der Waals surface area contributed by atoms with Gasteiger partial charge in [-0.1, -0.05) is 42.5 Å². The molecule has 1 amide bonds. The van der Waals surface area contributed by atoms with Crippen LogP contribution in [0, 0.1) is 5.82 Å². The van der Waals surface area contributed by atoms with Crippen molar-refractivity contribution in [3.8, 4) is 0 Å². The molecule has 1 unspecified atom stereocenters. The first-order chi connectivity index (χ1) is 10.1. The van der Waals surface area contributed by atoms with E-state index in [2.05, 4.69) is 0 Å². The number of halogens is 1. The number of carbonyl (C=O) groups is 1. The Morgan fingerprint density at radius 2 is 1.71 bits per heavy atom. The molecule has 110 valence electrons. The van der Waals surface area contributed by atoms with Crippen molar-refractivity contribution in [2.75, 3.05) is 7.05 Å². The third-order valence-corrected chi connectivity index (χ3v) is 3.80. The van der Waals surface area contributed by atoms with Crippen LogP contribution >= 0.6 is 0 Å². The highest BCUT2D eigenvalue weighted by molar-refractivity contribution is 5.76. The fourth-order valence-corrected chi connectivity index (χ4v) is 2.25. The Morgan fingerprint density at radius 3 is 2.33 bits per heavy atom. The van der Waals surface area contributed by atoms with Crippen molar-refractivity contribution in [3.63, 3.8) is 0 Å². The van der Waals surface area contributed by atoms with Gasteiger partial charge in [-0.25, -0.2) is 4.39 Å². The molecule has 0 aliphatic rings. The van der Waals surface area contributed by atoms with Crippen LogP contribution in [0.5, 0.6) is 0 Å². The molecule has 0 saturated heterocycles. The van der Waals surface area contributed by atoms with Crippen molar-refractivity contribution in [3.05, 3.63) is 71.5 Å². The van der Waals surface area contributed by atoms with Gasteiger partial charge in [0.25, 0.3) is 0 Å². The Hall–Kier alpha value is -2.16. The Balaban J connectivity index is 1.92. The molecule has 0 radical (unpaired) electrons. The second-order valence-electron chi connectivity index (χ2n) is 5.22. The molecule has 2 aromatic carbocycles. The summed E-state index contributed by atoms with van der Waals surface area (Å²) in [5.74, 6) is -0.157. The van der Waals surface area contributed by atoms with E-state index in [1.54, 1.807) is 17.0 Å². The van der Waals surface area contributed by atoms with Crippen LogP contribution in [0.3, 0.4) is 0 Å². The minimum Gasteiger partial charge on any atom is -0.339 e. The summed E-state index contributed by atoms with van der Waals surface area (Å²) in [5, 5.41) is 0. The highest BCUT2D eigenvalue weighted by Crippen LogP contribution is 2.19. The lowest BCUT2D eigenvalue weighted by molar-refractivity contribution is -0.131. The lowest BCUT2D eigenvalue weighted by Crippen LogP contribution is -2.29. The van der Waals surface area contributed by atoms with Gasteiger partial charge in [0.05, 0.1) is 6.04 Å². The molecule has 0 fully saturated rings. The molecule has 0 saturated carbocycles. The SMILES string of the molecule is CC(c1ccccc1)N(C)C(=O)CCc1ccc(F)cc1. The number of amides is 1. The van der Waals surface area contributed by atoms with Gasteiger partial charge < -0.3 is 4.90 Å². The molecule has 1 atom stereocenters. The second-order valence-corrected chi connectivity index (χ2v) is 5.22. The van der Waals surface area contributed by atoms with Gasteiger partial charge in [-0.15, -0.1) is 0 Å². The van der Waals surface area contributed by atoms with Gasteiger partial charge in [0, 0.05) is 13.5 Å². The Labute approximate surface area is 125 Å². The van der Waals surface area contributed by atoms with E-state index in [0.717, 1.165) is 11.1 Å². The Bertz CT molecular complexity index is 580. The number of rotatable bonds is 5. The van der Waals surface area contributed by atoms with E-state index in [1.807, 2.05) is 44.3 Å². The van der Waals surface area contributed by atoms with Crippen molar-refractivity contribution in [1.82, 2.24) is 4.90 Å². The van der Waals surface area contributed by atoms with Crippen molar-refractivity contribution in [2.24, 2.45) is 0 Å². The van der Waals surface area contributed by atoms with E-state index in [9.17, 15) is 9.18 Å². The zero-order valence-corrected chi connectivity index (χ0v) is 12.4. The molecular weight excluding hydrogens is 265 g/mol. The summed E-state index contributed by atoms with van der Waals surface area (Å²) >= 11 is 0. The topological polar surface area (TPSA) is 20.3 Å². The average molecular weight is 285 g/mol. The molecule has 0 bridgehead atoms. The Kier molecular flexibility index (Phi) is 5.09. The maximum atomic E-state index is 12.8. The number of carbonyl (C=O) groups excluding carboxylic acids is 1. The van der Waals surface area contributed by atoms with E-state index in [4.69, 9.17) is 0 Å². The van der Waals surface area contributed by atoms with Crippen LogP contribution < -0.4 is 0 Å². The van der Waals surface area contributed by atoms with Crippen molar-refractivity contribution < 1.29 is 9.18 Å². The van der Waals surface area contributed by atoms with Gasteiger partial charge in [-0.3, -0.25) is 4.79 Å². The van der Waals surface area contributed by atoms with Crippen LogP contribution in [-0.4, -0.2) is 17.9 Å². The van der Waals surface area contributed by atoms with E-state index in [-0.39, 0.29) is 17.8 Å². The fourth-order valence-electron chi connectivity index (χ4n) is 2.25. The molecule has 0 heterocycles. The first kappa shape index (κ1) is 15.2. The minimum absolute atomic E-state index is 0.0481. The summed E-state index contributed by atoms with van der Waals surface area (Å²) in [6.45, 7) is 2.02. The highest BCUT2D eigenvalue weighted by Gasteiger charge is 2.16. The van der Waals surface area contributed by atoms with Crippen molar-refractivity contribution in [1.29, 1.82) is 0 Å². The normalized spacial score (nSPS) is 12.0. The van der Waals surface area contributed by atoms with Crippen LogP contribution in [0.2, 0.25) is 0 Å². The van der Waals surface area contributed by atoms with Crippen LogP contribution in [-0.2, 0) is 11.2 Å². The quantitative estimate of drug-likeness (QED) is 0.813. The summed E-state index contributed by atoms with van der Waals surface area (Å²) in [7, 11) is 1.82. The van der Waals surface area contributed by atoms with Gasteiger partial charge in [0.15, 0.2) is 0 Å². The predicted molar refractivity (Wildman–Crippen MR) is 82.3 cm³/mol. The van der Waals surface area contributed by atoms with Crippen LogP contribution in [0.25, 0.3) is 0 Å². The monoisotopic (exact) mass is 285 g/mol. The largest absolute Gasteiger partial charge is 0.339 e. The molecule has 2 aromatic rings. The molecule has 21 heavy (non-hydrogen) atoms. The molecule has 0 spiro atoms. The zero-order valence-electron chi connectivity index (χ0n) is 12.4. The molecule has 0 aliphatic heterocycles. The van der Waals surface area contributed by atoms with Gasteiger partial charge >= 0.3 is 0 Å². The van der Waals surface area contributed by atoms with Crippen LogP contribution in [0.1, 0.15) is 30.5 Å². The smallest absolute Gasteiger partial charge is 0.223 e. The average Bonchev–Trinajstić information content (AvgIpc) is 2.53. The first-order valence-electron chi connectivity index (χ1n) is 7.13. The predicted octanol–water partition coefficient (Wildman–Crippen LogP) is 3.98. The number of benzene rings is 2. The lowest BCUT2D eigenvalue weighted by Gasteiger charge is -2.25. The third kappa shape index (κ3) is 4.15. The molecule has 2 rings (SSSR count). The summed E-state index contributed by atoms with van der Waals surface area (Å²) < 4.78 is 12.8. The summed E-state index contributed by atoms with van der Waals surface area (Å²) in [6, 6.07) is 16.3. The molecule has 3 heteroatoms. The van der Waals surface area contributed by atoms with E-state index >= 15 is 0 Å². The fraction of sp³-hybridized carbons (Fsp3) is 0.278. The van der Waals surface area contributed by atoms with Crippen LogP contribution in [0.15, 0.2) is 54.6 Å².